The van der Waals surface area contributed by atoms with Crippen LogP contribution < -0.4 is 0 Å². The Morgan fingerprint density at radius 1 is 1.37 bits per heavy atom. The van der Waals surface area contributed by atoms with Gasteiger partial charge in [-0.15, -0.1) is 0 Å². The molecule has 7 heteroatoms. The summed E-state index contributed by atoms with van der Waals surface area (Å²) >= 11 is 3.25. The number of benzene rings is 1. The maximum Gasteiger partial charge on any atom is 0.407 e. The van der Waals surface area contributed by atoms with Gasteiger partial charge in [0, 0.05) is 17.1 Å². The van der Waals surface area contributed by atoms with E-state index in [1.165, 1.54) is 17.0 Å². The van der Waals surface area contributed by atoms with Crippen LogP contribution in [0.15, 0.2) is 33.6 Å². The fourth-order valence-electron chi connectivity index (χ4n) is 2.25. The normalized spacial score (nSPS) is 19.6. The smallest absolute Gasteiger partial charge is 0.407 e. The number of nitrogens with zero attached hydrogens (tertiary/aromatic N) is 1. The average Bonchev–Trinajstić information content (AvgIpc) is 2.77. The molecule has 0 aliphatic carbocycles. The van der Waals surface area contributed by atoms with Crippen molar-refractivity contribution in [2.75, 3.05) is 12.3 Å². The zero-order chi connectivity index (χ0) is 14.0. The van der Waals surface area contributed by atoms with Crippen LogP contribution in [0.5, 0.6) is 0 Å². The number of amides is 1. The third-order valence-corrected chi connectivity index (χ3v) is 5.55. The zero-order valence-electron chi connectivity index (χ0n) is 10.1. The van der Waals surface area contributed by atoms with Gasteiger partial charge in [-0.3, -0.25) is 0 Å². The first-order valence-electron chi connectivity index (χ1n) is 5.88. The molecule has 0 aromatic heterocycles. The predicted molar refractivity (Wildman–Crippen MR) is 73.9 cm³/mol. The van der Waals surface area contributed by atoms with Gasteiger partial charge in [-0.1, -0.05) is 15.9 Å². The van der Waals surface area contributed by atoms with E-state index in [1.807, 2.05) is 0 Å². The van der Waals surface area contributed by atoms with Gasteiger partial charge in [-0.05, 0) is 37.1 Å². The fraction of sp³-hybridized carbons (Fsp3) is 0.417. The molecule has 1 aromatic rings. The Hall–Kier alpha value is -1.08. The van der Waals surface area contributed by atoms with Gasteiger partial charge >= 0.3 is 6.09 Å². The highest BCUT2D eigenvalue weighted by Crippen LogP contribution is 2.23. The molecule has 0 bridgehead atoms. The molecular weight excluding hydrogens is 334 g/mol. The highest BCUT2D eigenvalue weighted by atomic mass is 79.9. The number of hydrogen-bond donors (Lipinski definition) is 1. The Labute approximate surface area is 120 Å². The Bertz CT molecular complexity index is 570. The molecule has 5 nitrogen and oxygen atoms in total. The second-order valence-corrected chi connectivity index (χ2v) is 7.46. The number of halogens is 1. The summed E-state index contributed by atoms with van der Waals surface area (Å²) in [7, 11) is -3.45. The molecule has 0 spiro atoms. The van der Waals surface area contributed by atoms with Gasteiger partial charge in [0.15, 0.2) is 9.84 Å². The van der Waals surface area contributed by atoms with Crippen LogP contribution in [0.25, 0.3) is 0 Å². The molecule has 1 saturated heterocycles. The summed E-state index contributed by atoms with van der Waals surface area (Å²) in [5, 5.41) is 9.01. The first kappa shape index (κ1) is 14.3. The minimum atomic E-state index is -3.45. The summed E-state index contributed by atoms with van der Waals surface area (Å²) in [5.41, 5.74) is 0. The number of carbonyl (C=O) groups is 1. The molecule has 1 aliphatic heterocycles. The summed E-state index contributed by atoms with van der Waals surface area (Å²) in [6.07, 6.45) is 0.267. The molecule has 104 valence electrons. The molecular formula is C12H14BrNO4S. The monoisotopic (exact) mass is 347 g/mol. The van der Waals surface area contributed by atoms with Crippen LogP contribution in [-0.2, 0) is 9.84 Å². The lowest BCUT2D eigenvalue weighted by Gasteiger charge is -2.21. The molecule has 1 N–H and O–H groups in total. The minimum Gasteiger partial charge on any atom is -0.465 e. The Morgan fingerprint density at radius 2 is 2.00 bits per heavy atom. The first-order chi connectivity index (χ1) is 8.90. The lowest BCUT2D eigenvalue weighted by molar-refractivity contribution is 0.144. The summed E-state index contributed by atoms with van der Waals surface area (Å²) in [6, 6.07) is 5.94. The lowest BCUT2D eigenvalue weighted by Crippen LogP contribution is -2.38. The quantitative estimate of drug-likeness (QED) is 0.910. The van der Waals surface area contributed by atoms with E-state index in [0.717, 1.165) is 4.47 Å². The summed E-state index contributed by atoms with van der Waals surface area (Å²) in [6.45, 7) is 0.413. The maximum atomic E-state index is 12.2. The van der Waals surface area contributed by atoms with E-state index in [0.29, 0.717) is 19.4 Å². The number of carboxylic acid groups (broad SMARTS) is 1. The zero-order valence-corrected chi connectivity index (χ0v) is 12.5. The minimum absolute atomic E-state index is 0.152. The van der Waals surface area contributed by atoms with Crippen molar-refractivity contribution in [3.8, 4) is 0 Å². The lowest BCUT2D eigenvalue weighted by atomic mass is 10.2. The highest BCUT2D eigenvalue weighted by Gasteiger charge is 2.32. The molecule has 19 heavy (non-hydrogen) atoms. The number of likely N-dealkylation sites (tertiary alicyclic amines) is 1. The number of rotatable bonds is 3. The van der Waals surface area contributed by atoms with Crippen molar-refractivity contribution >= 4 is 31.9 Å². The van der Waals surface area contributed by atoms with Crippen LogP contribution >= 0.6 is 15.9 Å². The van der Waals surface area contributed by atoms with E-state index < -0.39 is 22.0 Å². The molecule has 0 radical (unpaired) electrons. The van der Waals surface area contributed by atoms with Crippen molar-refractivity contribution in [2.45, 2.75) is 23.8 Å². The van der Waals surface area contributed by atoms with Crippen molar-refractivity contribution in [2.24, 2.45) is 0 Å². The van der Waals surface area contributed by atoms with Crippen molar-refractivity contribution in [1.82, 2.24) is 4.90 Å². The molecule has 2 rings (SSSR count). The van der Waals surface area contributed by atoms with Crippen molar-refractivity contribution in [3.05, 3.63) is 28.7 Å². The summed E-state index contributed by atoms with van der Waals surface area (Å²) < 4.78 is 25.3. The molecule has 1 fully saturated rings. The third kappa shape index (κ3) is 3.27. The third-order valence-electron chi connectivity index (χ3n) is 3.21. The average molecular weight is 348 g/mol. The molecule has 1 aromatic carbocycles. The summed E-state index contributed by atoms with van der Waals surface area (Å²) in [4.78, 5) is 12.5. The molecule has 0 saturated carbocycles. The second kappa shape index (κ2) is 5.50. The van der Waals surface area contributed by atoms with Gasteiger partial charge in [-0.25, -0.2) is 13.2 Å². The largest absolute Gasteiger partial charge is 0.465 e. The molecule has 1 aliphatic rings. The van der Waals surface area contributed by atoms with E-state index in [2.05, 4.69) is 15.9 Å². The Balaban J connectivity index is 2.17. The topological polar surface area (TPSA) is 74.7 Å². The molecule has 1 heterocycles. The van der Waals surface area contributed by atoms with Gasteiger partial charge in [-0.2, -0.15) is 0 Å². The van der Waals surface area contributed by atoms with E-state index in [-0.39, 0.29) is 10.6 Å². The van der Waals surface area contributed by atoms with Crippen LogP contribution in [0.4, 0.5) is 4.79 Å². The number of sulfone groups is 1. The van der Waals surface area contributed by atoms with Gasteiger partial charge in [0.05, 0.1) is 10.6 Å². The number of hydrogen-bond acceptors (Lipinski definition) is 3. The van der Waals surface area contributed by atoms with E-state index in [9.17, 15) is 13.2 Å². The SMILES string of the molecule is O=C(O)N1CCCC1CS(=O)(=O)c1ccc(Br)cc1. The Morgan fingerprint density at radius 3 is 2.58 bits per heavy atom. The van der Waals surface area contributed by atoms with Crippen LogP contribution in [0.1, 0.15) is 12.8 Å². The second-order valence-electron chi connectivity index (χ2n) is 4.51. The Kier molecular flexibility index (Phi) is 4.15. The molecule has 1 unspecified atom stereocenters. The van der Waals surface area contributed by atoms with Crippen LogP contribution in [-0.4, -0.2) is 42.9 Å². The standard InChI is InChI=1S/C12H14BrNO4S/c13-9-3-5-11(6-4-9)19(17,18)8-10-2-1-7-14(10)12(15)16/h3-6,10H,1-2,7-8H2,(H,15,16). The summed E-state index contributed by atoms with van der Waals surface area (Å²) in [5.74, 6) is -0.152. The van der Waals surface area contributed by atoms with Crippen molar-refractivity contribution in [1.29, 1.82) is 0 Å². The van der Waals surface area contributed by atoms with Crippen molar-refractivity contribution < 1.29 is 18.3 Å². The fourth-order valence-corrected chi connectivity index (χ4v) is 4.11. The van der Waals surface area contributed by atoms with Crippen LogP contribution in [0.3, 0.4) is 0 Å². The van der Waals surface area contributed by atoms with Gasteiger partial charge in [0.25, 0.3) is 0 Å². The van der Waals surface area contributed by atoms with Gasteiger partial charge in [0.2, 0.25) is 0 Å². The van der Waals surface area contributed by atoms with Gasteiger partial charge < -0.3 is 10.0 Å². The van der Waals surface area contributed by atoms with Crippen LogP contribution in [0, 0.1) is 0 Å². The van der Waals surface area contributed by atoms with Gasteiger partial charge in [0.1, 0.15) is 0 Å². The maximum absolute atomic E-state index is 12.2. The van der Waals surface area contributed by atoms with E-state index in [4.69, 9.17) is 5.11 Å². The molecule has 1 amide bonds. The van der Waals surface area contributed by atoms with E-state index in [1.54, 1.807) is 12.1 Å². The van der Waals surface area contributed by atoms with E-state index >= 15 is 0 Å². The van der Waals surface area contributed by atoms with Crippen LogP contribution in [0.2, 0.25) is 0 Å². The predicted octanol–water partition coefficient (Wildman–Crippen LogP) is 2.37. The van der Waals surface area contributed by atoms with Crippen molar-refractivity contribution in [3.63, 3.8) is 0 Å². The highest BCUT2D eigenvalue weighted by molar-refractivity contribution is 9.10. The first-order valence-corrected chi connectivity index (χ1v) is 8.32. The molecule has 1 atom stereocenters.